The lowest BCUT2D eigenvalue weighted by Gasteiger charge is -2.21. The van der Waals surface area contributed by atoms with Crippen LogP contribution in [0.2, 0.25) is 0 Å². The first-order valence-electron chi connectivity index (χ1n) is 5.85. The maximum atomic E-state index is 10.7. The van der Waals surface area contributed by atoms with Gasteiger partial charge in [-0.05, 0) is 30.7 Å². The van der Waals surface area contributed by atoms with Crippen molar-refractivity contribution in [3.05, 3.63) is 47.5 Å². The minimum atomic E-state index is 0.710. The fourth-order valence-corrected chi connectivity index (χ4v) is 2.03. The average molecular weight is 243 g/mol. The van der Waals surface area contributed by atoms with E-state index in [4.69, 9.17) is 0 Å². The van der Waals surface area contributed by atoms with Crippen LogP contribution in [0, 0.1) is 6.92 Å². The van der Waals surface area contributed by atoms with Crippen LogP contribution in [0.4, 0.5) is 5.69 Å². The molecule has 2 rings (SSSR count). The van der Waals surface area contributed by atoms with Crippen LogP contribution in [0.1, 0.15) is 21.7 Å². The molecule has 0 amide bonds. The van der Waals surface area contributed by atoms with Crippen LogP contribution >= 0.6 is 0 Å². The van der Waals surface area contributed by atoms with Crippen LogP contribution in [0.5, 0.6) is 0 Å². The van der Waals surface area contributed by atoms with Gasteiger partial charge in [0.1, 0.15) is 12.1 Å². The first kappa shape index (κ1) is 12.4. The van der Waals surface area contributed by atoms with Gasteiger partial charge in [-0.2, -0.15) is 0 Å². The second-order valence-electron chi connectivity index (χ2n) is 4.47. The Morgan fingerprint density at radius 1 is 1.44 bits per heavy atom. The van der Waals surface area contributed by atoms with Crippen molar-refractivity contribution in [3.8, 4) is 0 Å². The number of hydrogen-bond acceptors (Lipinski definition) is 3. The molecule has 0 spiro atoms. The Hall–Kier alpha value is -2.10. The van der Waals surface area contributed by atoms with Crippen molar-refractivity contribution in [2.45, 2.75) is 13.5 Å². The molecular formula is C14H17N3O. The van der Waals surface area contributed by atoms with E-state index in [2.05, 4.69) is 9.88 Å². The van der Waals surface area contributed by atoms with Crippen molar-refractivity contribution in [3.63, 3.8) is 0 Å². The molecule has 0 aliphatic heterocycles. The van der Waals surface area contributed by atoms with E-state index in [1.54, 1.807) is 6.20 Å². The molecule has 1 aromatic heterocycles. The Morgan fingerprint density at radius 2 is 2.22 bits per heavy atom. The number of anilines is 1. The highest BCUT2D eigenvalue weighted by atomic mass is 16.1. The second-order valence-corrected chi connectivity index (χ2v) is 4.47. The summed E-state index contributed by atoms with van der Waals surface area (Å²) in [5.41, 5.74) is 2.92. The van der Waals surface area contributed by atoms with Crippen LogP contribution in [-0.2, 0) is 13.6 Å². The van der Waals surface area contributed by atoms with Gasteiger partial charge < -0.3 is 9.47 Å². The van der Waals surface area contributed by atoms with Crippen LogP contribution in [-0.4, -0.2) is 22.9 Å². The predicted octanol–water partition coefficient (Wildman–Crippen LogP) is 2.18. The third-order valence-electron chi connectivity index (χ3n) is 3.07. The largest absolute Gasteiger partial charge is 0.367 e. The number of aromatic nitrogens is 2. The van der Waals surface area contributed by atoms with Gasteiger partial charge in [0.2, 0.25) is 0 Å². The monoisotopic (exact) mass is 243 g/mol. The molecule has 0 aliphatic rings. The van der Waals surface area contributed by atoms with Crippen molar-refractivity contribution in [2.75, 3.05) is 11.9 Å². The highest BCUT2D eigenvalue weighted by Gasteiger charge is 2.08. The predicted molar refractivity (Wildman–Crippen MR) is 71.9 cm³/mol. The average Bonchev–Trinajstić information content (AvgIpc) is 2.74. The first-order valence-corrected chi connectivity index (χ1v) is 5.85. The molecule has 2 aromatic rings. The molecule has 0 atom stereocenters. The van der Waals surface area contributed by atoms with E-state index in [9.17, 15) is 4.79 Å². The molecule has 18 heavy (non-hydrogen) atoms. The molecule has 0 fully saturated rings. The van der Waals surface area contributed by atoms with E-state index in [1.807, 2.05) is 50.0 Å². The van der Waals surface area contributed by atoms with Gasteiger partial charge in [-0.3, -0.25) is 4.79 Å². The van der Waals surface area contributed by atoms with Crippen LogP contribution in [0.15, 0.2) is 30.6 Å². The second kappa shape index (κ2) is 5.04. The maximum Gasteiger partial charge on any atom is 0.150 e. The number of aryl methyl sites for hydroxylation is 2. The quantitative estimate of drug-likeness (QED) is 0.772. The summed E-state index contributed by atoms with van der Waals surface area (Å²) < 4.78 is 2.01. The Kier molecular flexibility index (Phi) is 3.46. The van der Waals surface area contributed by atoms with Crippen molar-refractivity contribution in [2.24, 2.45) is 7.05 Å². The van der Waals surface area contributed by atoms with Crippen molar-refractivity contribution in [1.82, 2.24) is 9.55 Å². The Bertz CT molecular complexity index is 560. The highest BCUT2D eigenvalue weighted by Crippen LogP contribution is 2.20. The smallest absolute Gasteiger partial charge is 0.150 e. The van der Waals surface area contributed by atoms with Crippen molar-refractivity contribution < 1.29 is 4.79 Å². The lowest BCUT2D eigenvalue weighted by Crippen LogP contribution is -2.19. The fourth-order valence-electron chi connectivity index (χ4n) is 2.03. The van der Waals surface area contributed by atoms with E-state index >= 15 is 0 Å². The third-order valence-corrected chi connectivity index (χ3v) is 3.07. The molecule has 0 saturated carbocycles. The Balaban J connectivity index is 2.21. The summed E-state index contributed by atoms with van der Waals surface area (Å²) in [6.07, 6.45) is 4.60. The number of benzene rings is 1. The summed E-state index contributed by atoms with van der Waals surface area (Å²) in [5.74, 6) is 1.01. The SMILES string of the molecule is Cc1cc(C=O)ccc1N(C)Cc1nccn1C. The van der Waals surface area contributed by atoms with Gasteiger partial charge in [0.15, 0.2) is 0 Å². The molecule has 1 aromatic carbocycles. The molecule has 0 radical (unpaired) electrons. The maximum absolute atomic E-state index is 10.7. The summed E-state index contributed by atoms with van der Waals surface area (Å²) in [4.78, 5) is 17.2. The lowest BCUT2D eigenvalue weighted by molar-refractivity contribution is 0.112. The minimum absolute atomic E-state index is 0.710. The number of aldehydes is 1. The molecule has 94 valence electrons. The number of rotatable bonds is 4. The molecule has 4 nitrogen and oxygen atoms in total. The van der Waals surface area contributed by atoms with Crippen LogP contribution in [0.3, 0.4) is 0 Å². The molecule has 1 heterocycles. The Labute approximate surface area is 107 Å². The molecule has 4 heteroatoms. The van der Waals surface area contributed by atoms with E-state index in [0.717, 1.165) is 29.9 Å². The normalized spacial score (nSPS) is 10.4. The van der Waals surface area contributed by atoms with E-state index < -0.39 is 0 Å². The summed E-state index contributed by atoms with van der Waals surface area (Å²) >= 11 is 0. The standard InChI is InChI=1S/C14H17N3O/c1-11-8-12(10-18)4-5-13(11)17(3)9-14-15-6-7-16(14)2/h4-8,10H,9H2,1-3H3. The van der Waals surface area contributed by atoms with Crippen LogP contribution in [0.25, 0.3) is 0 Å². The molecule has 0 bridgehead atoms. The van der Waals surface area contributed by atoms with E-state index in [0.29, 0.717) is 5.56 Å². The summed E-state index contributed by atoms with van der Waals surface area (Å²) in [6.45, 7) is 2.75. The van der Waals surface area contributed by atoms with Gasteiger partial charge >= 0.3 is 0 Å². The van der Waals surface area contributed by atoms with Crippen molar-refractivity contribution >= 4 is 12.0 Å². The summed E-state index contributed by atoms with van der Waals surface area (Å²) in [7, 11) is 4.01. The Morgan fingerprint density at radius 3 is 2.78 bits per heavy atom. The van der Waals surface area contributed by atoms with Gasteiger partial charge in [0.25, 0.3) is 0 Å². The lowest BCUT2D eigenvalue weighted by atomic mass is 10.1. The fraction of sp³-hybridized carbons (Fsp3) is 0.286. The number of carbonyl (C=O) groups excluding carboxylic acids is 1. The topological polar surface area (TPSA) is 38.1 Å². The van der Waals surface area contributed by atoms with Gasteiger partial charge in [0.05, 0.1) is 6.54 Å². The highest BCUT2D eigenvalue weighted by molar-refractivity contribution is 5.76. The zero-order valence-electron chi connectivity index (χ0n) is 10.9. The van der Waals surface area contributed by atoms with Gasteiger partial charge in [-0.25, -0.2) is 4.98 Å². The molecular weight excluding hydrogens is 226 g/mol. The van der Waals surface area contributed by atoms with Crippen molar-refractivity contribution in [1.29, 1.82) is 0 Å². The number of carbonyl (C=O) groups is 1. The van der Waals surface area contributed by atoms with E-state index in [1.165, 1.54) is 0 Å². The van der Waals surface area contributed by atoms with Gasteiger partial charge in [-0.15, -0.1) is 0 Å². The molecule has 0 saturated heterocycles. The number of imidazole rings is 1. The van der Waals surface area contributed by atoms with Gasteiger partial charge in [0, 0.05) is 37.7 Å². The summed E-state index contributed by atoms with van der Waals surface area (Å²) in [5, 5.41) is 0. The zero-order valence-corrected chi connectivity index (χ0v) is 10.9. The number of hydrogen-bond donors (Lipinski definition) is 0. The molecule has 0 N–H and O–H groups in total. The first-order chi connectivity index (χ1) is 8.61. The van der Waals surface area contributed by atoms with E-state index in [-0.39, 0.29) is 0 Å². The third kappa shape index (κ3) is 2.42. The van der Waals surface area contributed by atoms with Gasteiger partial charge in [-0.1, -0.05) is 0 Å². The molecule has 0 unspecified atom stereocenters. The summed E-state index contributed by atoms with van der Waals surface area (Å²) in [6, 6.07) is 5.71. The van der Waals surface area contributed by atoms with Crippen LogP contribution < -0.4 is 4.90 Å². The zero-order chi connectivity index (χ0) is 13.1. The minimum Gasteiger partial charge on any atom is -0.367 e. The molecule has 0 aliphatic carbocycles. The number of nitrogens with zero attached hydrogens (tertiary/aromatic N) is 3.